The number of aromatic nitrogens is 2. The number of piperazine rings is 1. The first-order chi connectivity index (χ1) is 13.4. The molecule has 28 heavy (non-hydrogen) atoms. The number of anilines is 2. The van der Waals surface area contributed by atoms with Gasteiger partial charge in [0.25, 0.3) is 5.91 Å². The minimum Gasteiger partial charge on any atom is -0.339 e. The third kappa shape index (κ3) is 3.32. The van der Waals surface area contributed by atoms with Crippen LogP contribution in [0.15, 0.2) is 30.3 Å². The molecule has 4 rings (SSSR count). The van der Waals surface area contributed by atoms with Gasteiger partial charge in [-0.05, 0) is 31.9 Å². The van der Waals surface area contributed by atoms with Crippen molar-refractivity contribution >= 4 is 23.3 Å². The maximum atomic E-state index is 13.0. The fourth-order valence-electron chi connectivity index (χ4n) is 4.09. The Hall–Kier alpha value is -2.96. The number of carbonyl (C=O) groups excluding carboxylic acids is 2. The number of rotatable bonds is 2. The maximum Gasteiger partial charge on any atom is 0.272 e. The van der Waals surface area contributed by atoms with Gasteiger partial charge in [-0.2, -0.15) is 0 Å². The molecule has 1 unspecified atom stereocenters. The Kier molecular flexibility index (Phi) is 4.75. The molecule has 0 aliphatic carbocycles. The largest absolute Gasteiger partial charge is 0.339 e. The highest BCUT2D eigenvalue weighted by molar-refractivity contribution is 5.93. The highest BCUT2D eigenvalue weighted by Gasteiger charge is 2.30. The Labute approximate surface area is 165 Å². The minimum absolute atomic E-state index is 0.0500. The van der Waals surface area contributed by atoms with E-state index in [1.54, 1.807) is 22.8 Å². The number of para-hydroxylation sites is 1. The van der Waals surface area contributed by atoms with Gasteiger partial charge in [0, 0.05) is 50.9 Å². The molecule has 1 fully saturated rings. The highest BCUT2D eigenvalue weighted by Crippen LogP contribution is 2.37. The third-order valence-corrected chi connectivity index (χ3v) is 5.51. The first-order valence-electron chi connectivity index (χ1n) is 9.71. The van der Waals surface area contributed by atoms with Crippen molar-refractivity contribution < 1.29 is 9.59 Å². The number of hydrogen-bond donors (Lipinski definition) is 0. The van der Waals surface area contributed by atoms with Gasteiger partial charge in [0.05, 0.1) is 0 Å². The molecule has 1 atom stereocenters. The summed E-state index contributed by atoms with van der Waals surface area (Å²) in [6.45, 7) is 7.73. The fourth-order valence-corrected chi connectivity index (χ4v) is 4.09. The van der Waals surface area contributed by atoms with Crippen LogP contribution in [-0.2, 0) is 11.2 Å². The first-order valence-corrected chi connectivity index (χ1v) is 9.71. The van der Waals surface area contributed by atoms with E-state index in [0.29, 0.717) is 37.7 Å². The van der Waals surface area contributed by atoms with Crippen LogP contribution < -0.4 is 4.90 Å². The Morgan fingerprint density at radius 3 is 2.43 bits per heavy atom. The van der Waals surface area contributed by atoms with Crippen LogP contribution in [0.25, 0.3) is 0 Å². The highest BCUT2D eigenvalue weighted by atomic mass is 16.2. The van der Waals surface area contributed by atoms with E-state index in [-0.39, 0.29) is 17.9 Å². The second-order valence-corrected chi connectivity index (χ2v) is 7.51. The molecule has 2 amide bonds. The summed E-state index contributed by atoms with van der Waals surface area (Å²) in [5, 5.41) is 0. The molecule has 0 spiro atoms. The van der Waals surface area contributed by atoms with Crippen molar-refractivity contribution in [3.05, 3.63) is 47.4 Å². The second kappa shape index (κ2) is 7.22. The predicted molar refractivity (Wildman–Crippen MR) is 107 cm³/mol. The average Bonchev–Trinajstić information content (AvgIpc) is 3.02. The van der Waals surface area contributed by atoms with Gasteiger partial charge in [-0.3, -0.25) is 9.59 Å². The maximum absolute atomic E-state index is 13.0. The molecule has 0 saturated carbocycles. The van der Waals surface area contributed by atoms with E-state index in [0.717, 1.165) is 17.9 Å². The summed E-state index contributed by atoms with van der Waals surface area (Å²) in [6.07, 6.45) is 0.954. The summed E-state index contributed by atoms with van der Waals surface area (Å²) in [5.41, 5.74) is 2.84. The zero-order valence-electron chi connectivity index (χ0n) is 16.6. The smallest absolute Gasteiger partial charge is 0.272 e. The number of nitrogens with zero attached hydrogens (tertiary/aromatic N) is 5. The van der Waals surface area contributed by atoms with Crippen molar-refractivity contribution in [2.45, 2.75) is 33.2 Å². The fraction of sp³-hybridized carbons (Fsp3) is 0.429. The Morgan fingerprint density at radius 2 is 1.71 bits per heavy atom. The molecule has 2 aromatic rings. The predicted octanol–water partition coefficient (Wildman–Crippen LogP) is 2.17. The summed E-state index contributed by atoms with van der Waals surface area (Å²) in [5.74, 6) is 1.29. The van der Waals surface area contributed by atoms with Crippen molar-refractivity contribution in [3.63, 3.8) is 0 Å². The molecule has 0 bridgehead atoms. The average molecular weight is 379 g/mol. The summed E-state index contributed by atoms with van der Waals surface area (Å²) < 4.78 is 0. The molecule has 3 heterocycles. The van der Waals surface area contributed by atoms with Gasteiger partial charge in [0.2, 0.25) is 5.91 Å². The number of aryl methyl sites for hydroxylation is 1. The SMILES string of the molecule is CC(=O)N1CCN(C(=O)c2cc(N3c4ccccc4CC3C)nc(C)n2)CC1. The number of amides is 2. The van der Waals surface area contributed by atoms with Crippen LogP contribution in [0.1, 0.15) is 35.7 Å². The van der Waals surface area contributed by atoms with E-state index in [9.17, 15) is 9.59 Å². The lowest BCUT2D eigenvalue weighted by Gasteiger charge is -2.34. The van der Waals surface area contributed by atoms with Crippen molar-refractivity contribution in [2.24, 2.45) is 0 Å². The number of benzene rings is 1. The van der Waals surface area contributed by atoms with E-state index in [2.05, 4.69) is 40.0 Å². The monoisotopic (exact) mass is 379 g/mol. The van der Waals surface area contributed by atoms with Crippen LogP contribution in [-0.4, -0.2) is 63.8 Å². The van der Waals surface area contributed by atoms with Gasteiger partial charge in [-0.1, -0.05) is 18.2 Å². The Balaban J connectivity index is 1.60. The quantitative estimate of drug-likeness (QED) is 0.800. The van der Waals surface area contributed by atoms with Crippen LogP contribution in [0.2, 0.25) is 0 Å². The molecule has 1 aromatic carbocycles. The topological polar surface area (TPSA) is 69.6 Å². The summed E-state index contributed by atoms with van der Waals surface area (Å²) in [4.78, 5) is 39.3. The summed E-state index contributed by atoms with van der Waals surface area (Å²) in [6, 6.07) is 10.4. The van der Waals surface area contributed by atoms with E-state index in [4.69, 9.17) is 0 Å². The lowest BCUT2D eigenvalue weighted by molar-refractivity contribution is -0.130. The Morgan fingerprint density at radius 1 is 1.04 bits per heavy atom. The van der Waals surface area contributed by atoms with Crippen LogP contribution in [0.5, 0.6) is 0 Å². The number of hydrogen-bond acceptors (Lipinski definition) is 5. The van der Waals surface area contributed by atoms with Gasteiger partial charge in [0.15, 0.2) is 0 Å². The molecule has 1 saturated heterocycles. The molecule has 7 heteroatoms. The Bertz CT molecular complexity index is 921. The van der Waals surface area contributed by atoms with Crippen LogP contribution in [0, 0.1) is 6.92 Å². The molecule has 0 N–H and O–H groups in total. The molecule has 146 valence electrons. The molecule has 2 aliphatic heterocycles. The molecular formula is C21H25N5O2. The van der Waals surface area contributed by atoms with Crippen LogP contribution >= 0.6 is 0 Å². The van der Waals surface area contributed by atoms with Gasteiger partial charge in [-0.25, -0.2) is 9.97 Å². The van der Waals surface area contributed by atoms with Crippen LogP contribution in [0.4, 0.5) is 11.5 Å². The van der Waals surface area contributed by atoms with E-state index >= 15 is 0 Å². The van der Waals surface area contributed by atoms with Crippen molar-refractivity contribution in [1.29, 1.82) is 0 Å². The molecule has 7 nitrogen and oxygen atoms in total. The van der Waals surface area contributed by atoms with E-state index in [1.165, 1.54) is 5.56 Å². The molecule has 0 radical (unpaired) electrons. The van der Waals surface area contributed by atoms with Crippen LogP contribution in [0.3, 0.4) is 0 Å². The van der Waals surface area contributed by atoms with E-state index in [1.807, 2.05) is 13.0 Å². The third-order valence-electron chi connectivity index (χ3n) is 5.51. The molecular weight excluding hydrogens is 354 g/mol. The van der Waals surface area contributed by atoms with Gasteiger partial charge >= 0.3 is 0 Å². The standard InChI is InChI=1S/C21H25N5O2/c1-14-12-17-6-4-5-7-19(17)26(14)20-13-18(22-15(2)23-20)21(28)25-10-8-24(9-11-25)16(3)27/h4-7,13-14H,8-12H2,1-3H3. The van der Waals surface area contributed by atoms with Crippen molar-refractivity contribution in [3.8, 4) is 0 Å². The van der Waals surface area contributed by atoms with E-state index < -0.39 is 0 Å². The van der Waals surface area contributed by atoms with Gasteiger partial charge in [-0.15, -0.1) is 0 Å². The van der Waals surface area contributed by atoms with Crippen molar-refractivity contribution in [1.82, 2.24) is 19.8 Å². The van der Waals surface area contributed by atoms with Gasteiger partial charge < -0.3 is 14.7 Å². The zero-order valence-corrected chi connectivity index (χ0v) is 16.6. The molecule has 1 aromatic heterocycles. The second-order valence-electron chi connectivity index (χ2n) is 7.51. The number of carbonyl (C=O) groups is 2. The lowest BCUT2D eigenvalue weighted by Crippen LogP contribution is -2.50. The normalized spacial score (nSPS) is 19.0. The van der Waals surface area contributed by atoms with Gasteiger partial charge in [0.1, 0.15) is 17.3 Å². The minimum atomic E-state index is -0.102. The zero-order chi connectivity index (χ0) is 19.8. The summed E-state index contributed by atoms with van der Waals surface area (Å²) in [7, 11) is 0. The lowest BCUT2D eigenvalue weighted by atomic mass is 10.1. The first kappa shape index (κ1) is 18.4. The number of fused-ring (bicyclic) bond motifs is 1. The summed E-state index contributed by atoms with van der Waals surface area (Å²) >= 11 is 0. The van der Waals surface area contributed by atoms with Crippen molar-refractivity contribution in [2.75, 3.05) is 31.1 Å². The molecule has 2 aliphatic rings.